The Bertz CT molecular complexity index is 1010. The molecule has 0 unspecified atom stereocenters. The number of halogens is 1. The van der Waals surface area contributed by atoms with E-state index >= 15 is 0 Å². The van der Waals surface area contributed by atoms with Crippen LogP contribution in [-0.2, 0) is 13.0 Å². The summed E-state index contributed by atoms with van der Waals surface area (Å²) in [7, 11) is 3.78. The highest BCUT2D eigenvalue weighted by Gasteiger charge is 2.28. The zero-order valence-corrected chi connectivity index (χ0v) is 15.8. The van der Waals surface area contributed by atoms with Crippen LogP contribution in [0.25, 0.3) is 5.65 Å². The number of aromatic nitrogens is 2. The topological polar surface area (TPSA) is 40.9 Å². The number of aryl methyl sites for hydroxylation is 1. The molecule has 0 spiro atoms. The van der Waals surface area contributed by atoms with Gasteiger partial charge in [-0.05, 0) is 43.1 Å². The van der Waals surface area contributed by atoms with Crippen molar-refractivity contribution in [3.8, 4) is 0 Å². The number of likely N-dealkylation sites (N-methyl/N-ethyl adjacent to an activating group) is 2. The van der Waals surface area contributed by atoms with Crippen LogP contribution in [0, 0.1) is 12.9 Å². The van der Waals surface area contributed by atoms with Gasteiger partial charge in [0.1, 0.15) is 5.65 Å². The van der Waals surface area contributed by atoms with Crippen LogP contribution in [0.15, 0.2) is 42.6 Å². The van der Waals surface area contributed by atoms with Gasteiger partial charge in [-0.3, -0.25) is 14.1 Å². The first-order valence-electron chi connectivity index (χ1n) is 9.10. The lowest BCUT2D eigenvalue weighted by atomic mass is 9.94. The summed E-state index contributed by atoms with van der Waals surface area (Å²) in [5, 5.41) is 0. The zero-order chi connectivity index (χ0) is 19.1. The first-order chi connectivity index (χ1) is 12.9. The van der Waals surface area contributed by atoms with Crippen molar-refractivity contribution in [1.82, 2.24) is 19.2 Å². The molecule has 1 amide bonds. The summed E-state index contributed by atoms with van der Waals surface area (Å²) in [5.41, 5.74) is 3.87. The van der Waals surface area contributed by atoms with Crippen LogP contribution < -0.4 is 0 Å². The molecule has 140 valence electrons. The van der Waals surface area contributed by atoms with Crippen LogP contribution >= 0.6 is 0 Å². The monoisotopic (exact) mass is 366 g/mol. The number of carbonyl (C=O) groups is 1. The Kier molecular flexibility index (Phi) is 4.44. The van der Waals surface area contributed by atoms with E-state index in [9.17, 15) is 9.18 Å². The molecular formula is C21H23FN4O. The predicted octanol–water partition coefficient (Wildman–Crippen LogP) is 2.91. The summed E-state index contributed by atoms with van der Waals surface area (Å²) in [5.74, 6) is -0.992. The third-order valence-electron chi connectivity index (χ3n) is 5.36. The minimum Gasteiger partial charge on any atom is -0.339 e. The summed E-state index contributed by atoms with van der Waals surface area (Å²) in [4.78, 5) is 20.9. The summed E-state index contributed by atoms with van der Waals surface area (Å²) in [6.07, 6.45) is 2.53. The number of amides is 1. The summed E-state index contributed by atoms with van der Waals surface area (Å²) in [6.45, 7) is 3.25. The molecule has 2 aromatic heterocycles. The van der Waals surface area contributed by atoms with Gasteiger partial charge in [-0.25, -0.2) is 4.98 Å². The van der Waals surface area contributed by atoms with E-state index in [1.165, 1.54) is 15.5 Å². The second-order valence-corrected chi connectivity index (χ2v) is 7.41. The molecule has 3 heterocycles. The molecule has 0 radical (unpaired) electrons. The predicted molar refractivity (Wildman–Crippen MR) is 102 cm³/mol. The molecule has 0 N–H and O–H groups in total. The molecule has 4 rings (SSSR count). The molecule has 0 saturated heterocycles. The molecule has 5 nitrogen and oxygen atoms in total. The molecule has 6 heteroatoms. The molecule has 3 aromatic rings. The average Bonchev–Trinajstić information content (AvgIpc) is 2.98. The highest BCUT2D eigenvalue weighted by atomic mass is 19.1. The summed E-state index contributed by atoms with van der Waals surface area (Å²) in [6, 6.07) is 12.2. The first kappa shape index (κ1) is 17.7. The summed E-state index contributed by atoms with van der Waals surface area (Å²) >= 11 is 0. The van der Waals surface area contributed by atoms with Gasteiger partial charge in [-0.1, -0.05) is 30.3 Å². The van der Waals surface area contributed by atoms with Crippen LogP contribution in [0.4, 0.5) is 4.39 Å². The smallest absolute Gasteiger partial charge is 0.277 e. The van der Waals surface area contributed by atoms with E-state index in [0.29, 0.717) is 12.2 Å². The third-order valence-corrected chi connectivity index (χ3v) is 5.36. The summed E-state index contributed by atoms with van der Waals surface area (Å²) < 4.78 is 16.0. The van der Waals surface area contributed by atoms with Crippen molar-refractivity contribution in [2.45, 2.75) is 25.9 Å². The second kappa shape index (κ2) is 6.78. The standard InChI is InChI=1S/C21H23FN4O/c1-14-8-9-18-23-19(20(22)26(18)11-14)21(27)25(3)13-17-10-15-6-4-5-7-16(15)12-24(17)2/h4-9,11,17H,10,12-13H2,1-3H3/t17-/m1/s1. The maximum Gasteiger partial charge on any atom is 0.277 e. The van der Waals surface area contributed by atoms with E-state index in [4.69, 9.17) is 0 Å². The Morgan fingerprint density at radius 3 is 2.78 bits per heavy atom. The van der Waals surface area contributed by atoms with Gasteiger partial charge in [0.25, 0.3) is 5.91 Å². The van der Waals surface area contributed by atoms with Crippen LogP contribution in [0.1, 0.15) is 27.2 Å². The van der Waals surface area contributed by atoms with Crippen LogP contribution in [-0.4, -0.2) is 51.8 Å². The van der Waals surface area contributed by atoms with E-state index in [1.807, 2.05) is 19.1 Å². The molecule has 1 atom stereocenters. The normalized spacial score (nSPS) is 17.1. The largest absolute Gasteiger partial charge is 0.339 e. The molecule has 0 bridgehead atoms. The minimum atomic E-state index is -0.604. The number of fused-ring (bicyclic) bond motifs is 2. The quantitative estimate of drug-likeness (QED) is 0.716. The highest BCUT2D eigenvalue weighted by molar-refractivity contribution is 5.93. The van der Waals surface area contributed by atoms with Crippen molar-refractivity contribution < 1.29 is 9.18 Å². The molecular weight excluding hydrogens is 343 g/mol. The number of hydrogen-bond donors (Lipinski definition) is 0. The van der Waals surface area contributed by atoms with Crippen molar-refractivity contribution in [3.05, 3.63) is 70.9 Å². The Hall–Kier alpha value is -2.73. The molecule has 27 heavy (non-hydrogen) atoms. The van der Waals surface area contributed by atoms with Gasteiger partial charge in [0.2, 0.25) is 5.95 Å². The average molecular weight is 366 g/mol. The van der Waals surface area contributed by atoms with Crippen LogP contribution in [0.3, 0.4) is 0 Å². The molecule has 1 aliphatic rings. The fraction of sp³-hybridized carbons (Fsp3) is 0.333. The molecule has 1 aromatic carbocycles. The number of pyridine rings is 1. The van der Waals surface area contributed by atoms with Gasteiger partial charge >= 0.3 is 0 Å². The number of carbonyl (C=O) groups excluding carboxylic acids is 1. The molecule has 0 saturated carbocycles. The number of imidazole rings is 1. The maximum absolute atomic E-state index is 14.7. The van der Waals surface area contributed by atoms with Gasteiger partial charge in [-0.2, -0.15) is 4.39 Å². The SMILES string of the molecule is Cc1ccc2nc(C(=O)N(C)C[C@H]3Cc4ccccc4CN3C)c(F)n2c1. The van der Waals surface area contributed by atoms with Gasteiger partial charge in [0, 0.05) is 32.4 Å². The lowest BCUT2D eigenvalue weighted by Crippen LogP contribution is -2.46. The minimum absolute atomic E-state index is 0.123. The zero-order valence-electron chi connectivity index (χ0n) is 15.8. The van der Waals surface area contributed by atoms with Gasteiger partial charge < -0.3 is 4.90 Å². The van der Waals surface area contributed by atoms with Crippen molar-refractivity contribution in [1.29, 1.82) is 0 Å². The van der Waals surface area contributed by atoms with Gasteiger partial charge in [0.15, 0.2) is 5.69 Å². The molecule has 0 fully saturated rings. The van der Waals surface area contributed by atoms with E-state index in [-0.39, 0.29) is 17.6 Å². The molecule has 1 aliphatic heterocycles. The number of benzene rings is 1. The van der Waals surface area contributed by atoms with Gasteiger partial charge in [-0.15, -0.1) is 0 Å². The van der Waals surface area contributed by atoms with Crippen LogP contribution in [0.2, 0.25) is 0 Å². The Labute approximate surface area is 158 Å². The van der Waals surface area contributed by atoms with Crippen molar-refractivity contribution >= 4 is 11.6 Å². The fourth-order valence-corrected chi connectivity index (χ4v) is 3.76. The van der Waals surface area contributed by atoms with Crippen molar-refractivity contribution in [2.75, 3.05) is 20.6 Å². The first-order valence-corrected chi connectivity index (χ1v) is 9.10. The van der Waals surface area contributed by atoms with Crippen molar-refractivity contribution in [2.24, 2.45) is 0 Å². The van der Waals surface area contributed by atoms with Gasteiger partial charge in [0.05, 0.1) is 0 Å². The third kappa shape index (κ3) is 3.21. The van der Waals surface area contributed by atoms with E-state index in [0.717, 1.165) is 18.5 Å². The lowest BCUT2D eigenvalue weighted by molar-refractivity contribution is 0.0723. The van der Waals surface area contributed by atoms with Crippen LogP contribution in [0.5, 0.6) is 0 Å². The van der Waals surface area contributed by atoms with E-state index in [1.54, 1.807) is 24.2 Å². The Balaban J connectivity index is 1.54. The van der Waals surface area contributed by atoms with E-state index in [2.05, 4.69) is 35.1 Å². The highest BCUT2D eigenvalue weighted by Crippen LogP contribution is 2.23. The number of rotatable bonds is 3. The Morgan fingerprint density at radius 1 is 1.26 bits per heavy atom. The number of nitrogens with zero attached hydrogens (tertiary/aromatic N) is 4. The molecule has 0 aliphatic carbocycles. The maximum atomic E-state index is 14.7. The fourth-order valence-electron chi connectivity index (χ4n) is 3.76. The second-order valence-electron chi connectivity index (χ2n) is 7.41. The lowest BCUT2D eigenvalue weighted by Gasteiger charge is -2.36. The Morgan fingerprint density at radius 2 is 2.00 bits per heavy atom. The van der Waals surface area contributed by atoms with Crippen molar-refractivity contribution in [3.63, 3.8) is 0 Å². The van der Waals surface area contributed by atoms with E-state index < -0.39 is 5.95 Å². The number of hydrogen-bond acceptors (Lipinski definition) is 3.